The minimum Gasteiger partial charge on any atom is -0.486 e. The molecule has 1 fully saturated rings. The molecule has 1 saturated heterocycles. The lowest BCUT2D eigenvalue weighted by Crippen LogP contribution is -2.49. The zero-order valence-corrected chi connectivity index (χ0v) is 20.1. The third kappa shape index (κ3) is 6.41. The lowest BCUT2D eigenvalue weighted by atomic mass is 10.1. The summed E-state index contributed by atoms with van der Waals surface area (Å²) in [6, 6.07) is 26.7. The van der Waals surface area contributed by atoms with Crippen molar-refractivity contribution in [2.75, 3.05) is 45.9 Å². The molecule has 0 aromatic heterocycles. The number of nitrogens with zero attached hydrogens (tertiary/aromatic N) is 3. The normalized spacial score (nSPS) is 16.1. The molecule has 0 N–H and O–H groups in total. The van der Waals surface area contributed by atoms with E-state index in [1.807, 2.05) is 47.4 Å². The number of piperazine rings is 1. The van der Waals surface area contributed by atoms with Gasteiger partial charge in [-0.3, -0.25) is 14.6 Å². The quantitative estimate of drug-likeness (QED) is 0.500. The molecule has 0 bridgehead atoms. The van der Waals surface area contributed by atoms with Crippen LogP contribution in [0.5, 0.6) is 11.5 Å². The van der Waals surface area contributed by atoms with Gasteiger partial charge in [-0.15, -0.1) is 0 Å². The predicted molar refractivity (Wildman–Crippen MR) is 136 cm³/mol. The largest absolute Gasteiger partial charge is 0.486 e. The summed E-state index contributed by atoms with van der Waals surface area (Å²) in [4.78, 5) is 20.1. The number of carbonyl (C=O) groups is 1. The van der Waals surface area contributed by atoms with Gasteiger partial charge in [0.15, 0.2) is 11.5 Å². The summed E-state index contributed by atoms with van der Waals surface area (Å²) in [7, 11) is 0. The molecular weight excluding hydrogens is 438 g/mol. The minimum absolute atomic E-state index is 0.179. The van der Waals surface area contributed by atoms with Gasteiger partial charge in [-0.25, -0.2) is 0 Å². The van der Waals surface area contributed by atoms with Crippen LogP contribution in [0.25, 0.3) is 0 Å². The molecule has 3 aromatic rings. The van der Waals surface area contributed by atoms with E-state index in [-0.39, 0.29) is 5.91 Å². The van der Waals surface area contributed by atoms with Crippen molar-refractivity contribution in [1.29, 1.82) is 0 Å². The van der Waals surface area contributed by atoms with Crippen molar-refractivity contribution in [2.24, 2.45) is 0 Å². The first-order valence-corrected chi connectivity index (χ1v) is 12.4. The maximum atomic E-state index is 13.4. The van der Waals surface area contributed by atoms with Crippen LogP contribution in [0.1, 0.15) is 16.7 Å². The highest BCUT2D eigenvalue weighted by atomic mass is 16.6. The highest BCUT2D eigenvalue weighted by Crippen LogP contribution is 2.31. The Morgan fingerprint density at radius 2 is 1.26 bits per heavy atom. The van der Waals surface area contributed by atoms with E-state index in [4.69, 9.17) is 9.47 Å². The Bertz CT molecular complexity index is 1060. The summed E-state index contributed by atoms with van der Waals surface area (Å²) in [5.74, 6) is 1.85. The first-order chi connectivity index (χ1) is 17.2. The smallest absolute Gasteiger partial charge is 0.237 e. The summed E-state index contributed by atoms with van der Waals surface area (Å²) >= 11 is 0. The molecule has 2 heterocycles. The van der Waals surface area contributed by atoms with E-state index in [0.717, 1.165) is 55.3 Å². The second kappa shape index (κ2) is 11.4. The summed E-state index contributed by atoms with van der Waals surface area (Å²) in [5.41, 5.74) is 3.54. The molecule has 2 aliphatic rings. The van der Waals surface area contributed by atoms with Gasteiger partial charge >= 0.3 is 0 Å². The highest BCUT2D eigenvalue weighted by molar-refractivity contribution is 5.78. The molecule has 2 aliphatic heterocycles. The van der Waals surface area contributed by atoms with Crippen LogP contribution in [0.3, 0.4) is 0 Å². The van der Waals surface area contributed by atoms with Gasteiger partial charge in [0, 0.05) is 45.8 Å². The van der Waals surface area contributed by atoms with Crippen LogP contribution in [0, 0.1) is 0 Å². The van der Waals surface area contributed by atoms with Crippen molar-refractivity contribution in [1.82, 2.24) is 14.7 Å². The van der Waals surface area contributed by atoms with Gasteiger partial charge in [0.1, 0.15) is 13.2 Å². The Kier molecular flexibility index (Phi) is 7.61. The molecule has 6 heteroatoms. The van der Waals surface area contributed by atoms with E-state index in [1.54, 1.807) is 0 Å². The summed E-state index contributed by atoms with van der Waals surface area (Å²) in [5, 5.41) is 0. The molecule has 182 valence electrons. The van der Waals surface area contributed by atoms with Crippen molar-refractivity contribution < 1.29 is 14.3 Å². The number of rotatable bonds is 8. The fraction of sp³-hybridized carbons (Fsp3) is 0.345. The van der Waals surface area contributed by atoms with Crippen molar-refractivity contribution in [3.05, 3.63) is 95.6 Å². The first-order valence-electron chi connectivity index (χ1n) is 12.4. The average Bonchev–Trinajstić information content (AvgIpc) is 2.90. The lowest BCUT2D eigenvalue weighted by molar-refractivity contribution is -0.134. The van der Waals surface area contributed by atoms with Crippen molar-refractivity contribution in [3.63, 3.8) is 0 Å². The molecule has 1 amide bonds. The molecule has 0 unspecified atom stereocenters. The molecule has 5 rings (SSSR count). The van der Waals surface area contributed by atoms with E-state index in [2.05, 4.69) is 46.2 Å². The predicted octanol–water partition coefficient (Wildman–Crippen LogP) is 3.80. The van der Waals surface area contributed by atoms with E-state index in [1.165, 1.54) is 5.56 Å². The van der Waals surface area contributed by atoms with Gasteiger partial charge < -0.3 is 14.4 Å². The molecular formula is C29H33N3O3. The minimum atomic E-state index is 0.179. The number of ether oxygens (including phenoxy) is 2. The summed E-state index contributed by atoms with van der Waals surface area (Å²) < 4.78 is 11.4. The van der Waals surface area contributed by atoms with Crippen LogP contribution in [0.4, 0.5) is 0 Å². The standard InChI is InChI=1S/C29H33N3O3/c33-29(32(21-24-7-3-1-4-8-24)22-25-9-5-2-6-10-25)23-31-15-13-30(14-16-31)20-26-11-12-27-28(19-26)35-18-17-34-27/h1-12,19H,13-18,20-23H2. The molecule has 0 saturated carbocycles. The molecule has 0 spiro atoms. The molecule has 6 nitrogen and oxygen atoms in total. The third-order valence-corrected chi connectivity index (χ3v) is 6.62. The monoisotopic (exact) mass is 471 g/mol. The zero-order valence-electron chi connectivity index (χ0n) is 20.1. The van der Waals surface area contributed by atoms with E-state index < -0.39 is 0 Å². The van der Waals surface area contributed by atoms with Crippen LogP contribution >= 0.6 is 0 Å². The molecule has 3 aromatic carbocycles. The van der Waals surface area contributed by atoms with E-state index >= 15 is 0 Å². The van der Waals surface area contributed by atoms with Gasteiger partial charge in [0.2, 0.25) is 5.91 Å². The van der Waals surface area contributed by atoms with E-state index in [9.17, 15) is 4.79 Å². The molecule has 35 heavy (non-hydrogen) atoms. The second-order valence-electron chi connectivity index (χ2n) is 9.25. The fourth-order valence-electron chi connectivity index (χ4n) is 4.68. The summed E-state index contributed by atoms with van der Waals surface area (Å²) in [6.45, 7) is 7.47. The number of hydrogen-bond acceptors (Lipinski definition) is 5. The Labute approximate surface area is 207 Å². The number of benzene rings is 3. The average molecular weight is 472 g/mol. The third-order valence-electron chi connectivity index (χ3n) is 6.62. The Balaban J connectivity index is 1.15. The number of amides is 1. The summed E-state index contributed by atoms with van der Waals surface area (Å²) in [6.07, 6.45) is 0. The fourth-order valence-corrected chi connectivity index (χ4v) is 4.68. The van der Waals surface area contributed by atoms with Crippen LogP contribution in [0.2, 0.25) is 0 Å². The van der Waals surface area contributed by atoms with Gasteiger partial charge in [-0.05, 0) is 28.8 Å². The maximum absolute atomic E-state index is 13.4. The number of hydrogen-bond donors (Lipinski definition) is 0. The second-order valence-corrected chi connectivity index (χ2v) is 9.25. The van der Waals surface area contributed by atoms with Crippen molar-refractivity contribution in [3.8, 4) is 11.5 Å². The van der Waals surface area contributed by atoms with Crippen LogP contribution in [-0.2, 0) is 24.4 Å². The maximum Gasteiger partial charge on any atom is 0.237 e. The van der Waals surface area contributed by atoms with Crippen LogP contribution in [-0.4, -0.2) is 66.5 Å². The van der Waals surface area contributed by atoms with Crippen molar-refractivity contribution in [2.45, 2.75) is 19.6 Å². The molecule has 0 aliphatic carbocycles. The number of carbonyl (C=O) groups excluding carboxylic acids is 1. The Hall–Kier alpha value is -3.35. The van der Waals surface area contributed by atoms with E-state index in [0.29, 0.717) is 32.8 Å². The topological polar surface area (TPSA) is 45.3 Å². The Morgan fingerprint density at radius 3 is 1.89 bits per heavy atom. The first kappa shape index (κ1) is 23.4. The van der Waals surface area contributed by atoms with Gasteiger partial charge in [0.05, 0.1) is 6.54 Å². The Morgan fingerprint density at radius 1 is 0.686 bits per heavy atom. The van der Waals surface area contributed by atoms with Gasteiger partial charge in [0.25, 0.3) is 0 Å². The highest BCUT2D eigenvalue weighted by Gasteiger charge is 2.23. The SMILES string of the molecule is O=C(CN1CCN(Cc2ccc3c(c2)OCCO3)CC1)N(Cc1ccccc1)Cc1ccccc1. The van der Waals surface area contributed by atoms with Gasteiger partial charge in [-0.2, -0.15) is 0 Å². The molecule has 0 radical (unpaired) electrons. The van der Waals surface area contributed by atoms with Crippen LogP contribution < -0.4 is 9.47 Å². The van der Waals surface area contributed by atoms with Crippen LogP contribution in [0.15, 0.2) is 78.9 Å². The number of fused-ring (bicyclic) bond motifs is 1. The van der Waals surface area contributed by atoms with Crippen molar-refractivity contribution >= 4 is 5.91 Å². The van der Waals surface area contributed by atoms with Gasteiger partial charge in [-0.1, -0.05) is 66.7 Å². The molecule has 0 atom stereocenters. The lowest BCUT2D eigenvalue weighted by Gasteiger charge is -2.35. The zero-order chi connectivity index (χ0) is 23.9.